The monoisotopic (exact) mass is 474 g/mol. The van der Waals surface area contributed by atoms with Gasteiger partial charge in [0.15, 0.2) is 0 Å². The van der Waals surface area contributed by atoms with Gasteiger partial charge in [0.1, 0.15) is 18.6 Å². The highest BCUT2D eigenvalue weighted by molar-refractivity contribution is 7.92. The van der Waals surface area contributed by atoms with Gasteiger partial charge in [0, 0.05) is 66.2 Å². The van der Waals surface area contributed by atoms with Gasteiger partial charge in [0.2, 0.25) is 10.0 Å². The van der Waals surface area contributed by atoms with E-state index in [2.05, 4.69) is 9.97 Å². The Kier molecular flexibility index (Phi) is 6.73. The molecule has 1 saturated heterocycles. The number of sulfonamides is 1. The summed E-state index contributed by atoms with van der Waals surface area (Å²) >= 11 is 5.88. The Labute approximate surface area is 191 Å². The number of piperazine rings is 1. The van der Waals surface area contributed by atoms with Crippen molar-refractivity contribution in [3.05, 3.63) is 70.5 Å². The number of aromatic nitrogens is 2. The van der Waals surface area contributed by atoms with Crippen LogP contribution >= 0.6 is 11.6 Å². The minimum absolute atomic E-state index is 0.192. The normalized spacial score (nSPS) is 20.8. The predicted molar refractivity (Wildman–Crippen MR) is 123 cm³/mol. The maximum absolute atomic E-state index is 13.0. The number of nitrogens with zero attached hydrogens (tertiary/aromatic N) is 3. The number of aldehydes is 1. The number of carbonyl (C=O) groups is 1. The fourth-order valence-electron chi connectivity index (χ4n) is 3.87. The van der Waals surface area contributed by atoms with Gasteiger partial charge in [-0.25, -0.2) is 8.42 Å². The zero-order valence-corrected chi connectivity index (χ0v) is 19.0. The maximum atomic E-state index is 13.0. The number of ether oxygens (including phenoxy) is 1. The number of halogens is 1. The lowest BCUT2D eigenvalue weighted by molar-refractivity contribution is -0.129. The molecule has 10 heteroatoms. The highest BCUT2D eigenvalue weighted by Gasteiger charge is 2.41. The largest absolute Gasteiger partial charge is 0.363 e. The summed E-state index contributed by atoms with van der Waals surface area (Å²) in [5.74, 6) is 0. The number of methoxy groups -OCH3 is 1. The van der Waals surface area contributed by atoms with E-state index in [9.17, 15) is 13.2 Å². The molecule has 0 radical (unpaired) electrons. The van der Waals surface area contributed by atoms with E-state index in [0.717, 1.165) is 28.3 Å². The van der Waals surface area contributed by atoms with Crippen molar-refractivity contribution >= 4 is 44.9 Å². The van der Waals surface area contributed by atoms with E-state index in [-0.39, 0.29) is 6.54 Å². The van der Waals surface area contributed by atoms with Crippen molar-refractivity contribution < 1.29 is 17.9 Å². The molecule has 3 heterocycles. The number of benzene rings is 1. The second kappa shape index (κ2) is 9.51. The van der Waals surface area contributed by atoms with Crippen LogP contribution in [-0.4, -0.2) is 66.3 Å². The Morgan fingerprint density at radius 3 is 2.72 bits per heavy atom. The lowest BCUT2D eigenvalue weighted by atomic mass is 10.1. The molecule has 168 valence electrons. The smallest absolute Gasteiger partial charge is 0.238 e. The molecule has 2 atom stereocenters. The highest BCUT2D eigenvalue weighted by atomic mass is 35.5. The number of carbonyl (C=O) groups excluding carboxylic acids is 1. The van der Waals surface area contributed by atoms with E-state index in [1.807, 2.05) is 17.0 Å². The molecular weight excluding hydrogens is 452 g/mol. The van der Waals surface area contributed by atoms with Crippen molar-refractivity contribution in [1.82, 2.24) is 19.2 Å². The summed E-state index contributed by atoms with van der Waals surface area (Å²) in [5.41, 5.74) is 2.56. The quantitative estimate of drug-likeness (QED) is 0.529. The van der Waals surface area contributed by atoms with Gasteiger partial charge in [-0.2, -0.15) is 4.31 Å². The molecule has 2 aromatic heterocycles. The predicted octanol–water partition coefficient (Wildman–Crippen LogP) is 2.87. The van der Waals surface area contributed by atoms with Gasteiger partial charge >= 0.3 is 0 Å². The second-order valence-electron chi connectivity index (χ2n) is 7.49. The number of hydrogen-bond donors (Lipinski definition) is 1. The number of hydrogen-bond acceptors (Lipinski definition) is 6. The molecule has 1 aromatic carbocycles. The Morgan fingerprint density at radius 2 is 2.03 bits per heavy atom. The summed E-state index contributed by atoms with van der Waals surface area (Å²) in [4.78, 5) is 21.3. The third kappa shape index (κ3) is 4.77. The van der Waals surface area contributed by atoms with Crippen LogP contribution in [0.4, 0.5) is 0 Å². The van der Waals surface area contributed by atoms with Crippen LogP contribution in [0.3, 0.4) is 0 Å². The van der Waals surface area contributed by atoms with Crippen molar-refractivity contribution in [3.63, 3.8) is 0 Å². The minimum atomic E-state index is -3.82. The van der Waals surface area contributed by atoms with Crippen LogP contribution in [0.25, 0.3) is 17.0 Å². The molecular formula is C22H23ClN4O4S. The Bertz CT molecular complexity index is 1190. The standard InChI is InChI=1S/C22H23ClN4O4S/c1-31-22-21(15-28)26(14-19-12-17-13-24-8-6-20(17)25-19)9-10-27(22)32(29,30)11-7-16-2-4-18(23)5-3-16/h2-8,11-13,15,21-22,25H,9-10,14H2,1H3/t21?,22-/m0/s1. The molecule has 3 aromatic rings. The Balaban J connectivity index is 1.53. The minimum Gasteiger partial charge on any atom is -0.363 e. The molecule has 0 aliphatic carbocycles. The van der Waals surface area contributed by atoms with Crippen molar-refractivity contribution in [3.8, 4) is 0 Å². The summed E-state index contributed by atoms with van der Waals surface area (Å²) in [6.45, 7) is 1.02. The fourth-order valence-corrected chi connectivity index (χ4v) is 5.32. The van der Waals surface area contributed by atoms with Crippen LogP contribution in [-0.2, 0) is 26.1 Å². The first-order valence-corrected chi connectivity index (χ1v) is 11.9. The summed E-state index contributed by atoms with van der Waals surface area (Å²) in [6.07, 6.45) is 4.77. The van der Waals surface area contributed by atoms with E-state index in [1.165, 1.54) is 17.5 Å². The first kappa shape index (κ1) is 22.6. The fraction of sp³-hybridized carbons (Fsp3) is 0.273. The zero-order chi connectivity index (χ0) is 22.7. The van der Waals surface area contributed by atoms with E-state index in [0.29, 0.717) is 23.7 Å². The third-order valence-corrected chi connectivity index (χ3v) is 7.24. The third-order valence-electron chi connectivity index (χ3n) is 5.47. The SMILES string of the molecule is CO[C@H]1C(C=O)N(Cc2cc3cnccc3[nH]2)CCN1S(=O)(=O)C=Cc1ccc(Cl)cc1. The summed E-state index contributed by atoms with van der Waals surface area (Å²) in [7, 11) is -2.41. The molecule has 1 N–H and O–H groups in total. The van der Waals surface area contributed by atoms with Crippen LogP contribution in [0.5, 0.6) is 0 Å². The molecule has 0 amide bonds. The molecule has 1 aliphatic heterocycles. The van der Waals surface area contributed by atoms with Crippen LogP contribution in [0.1, 0.15) is 11.3 Å². The topological polar surface area (TPSA) is 95.6 Å². The molecule has 0 saturated carbocycles. The first-order chi connectivity index (χ1) is 15.4. The van der Waals surface area contributed by atoms with Crippen molar-refractivity contribution in [2.24, 2.45) is 0 Å². The summed E-state index contributed by atoms with van der Waals surface area (Å²) < 4.78 is 32.8. The number of pyridine rings is 1. The van der Waals surface area contributed by atoms with Gasteiger partial charge in [-0.15, -0.1) is 0 Å². The van der Waals surface area contributed by atoms with E-state index in [1.54, 1.807) is 36.7 Å². The van der Waals surface area contributed by atoms with E-state index >= 15 is 0 Å². The van der Waals surface area contributed by atoms with Crippen LogP contribution in [0, 0.1) is 0 Å². The van der Waals surface area contributed by atoms with Gasteiger partial charge in [-0.05, 0) is 35.9 Å². The van der Waals surface area contributed by atoms with Gasteiger partial charge < -0.3 is 14.5 Å². The van der Waals surface area contributed by atoms with E-state index < -0.39 is 22.3 Å². The molecule has 0 bridgehead atoms. The molecule has 32 heavy (non-hydrogen) atoms. The van der Waals surface area contributed by atoms with Gasteiger partial charge in [0.25, 0.3) is 0 Å². The van der Waals surface area contributed by atoms with Crippen molar-refractivity contribution in [2.75, 3.05) is 20.2 Å². The first-order valence-electron chi connectivity index (χ1n) is 10.0. The van der Waals surface area contributed by atoms with Crippen LogP contribution in [0.2, 0.25) is 5.02 Å². The van der Waals surface area contributed by atoms with Gasteiger partial charge in [-0.3, -0.25) is 9.88 Å². The Morgan fingerprint density at radius 1 is 1.25 bits per heavy atom. The average Bonchev–Trinajstić information content (AvgIpc) is 3.20. The number of H-pyrrole nitrogens is 1. The lowest BCUT2D eigenvalue weighted by Crippen LogP contribution is -2.61. The lowest BCUT2D eigenvalue weighted by Gasteiger charge is -2.43. The molecule has 1 unspecified atom stereocenters. The summed E-state index contributed by atoms with van der Waals surface area (Å²) in [5, 5.41) is 2.67. The molecule has 8 nitrogen and oxygen atoms in total. The average molecular weight is 475 g/mol. The highest BCUT2D eigenvalue weighted by Crippen LogP contribution is 2.24. The molecule has 4 rings (SSSR count). The summed E-state index contributed by atoms with van der Waals surface area (Å²) in [6, 6.07) is 9.93. The number of fused-ring (bicyclic) bond motifs is 1. The number of nitrogens with one attached hydrogen (secondary N) is 1. The number of aromatic amines is 1. The van der Waals surface area contributed by atoms with E-state index in [4.69, 9.17) is 16.3 Å². The van der Waals surface area contributed by atoms with Gasteiger partial charge in [-0.1, -0.05) is 23.7 Å². The van der Waals surface area contributed by atoms with Crippen molar-refractivity contribution in [1.29, 1.82) is 0 Å². The second-order valence-corrected chi connectivity index (χ2v) is 9.70. The van der Waals surface area contributed by atoms with Crippen LogP contribution < -0.4 is 0 Å². The molecule has 1 fully saturated rings. The molecule has 0 spiro atoms. The Hall–Kier alpha value is -2.56. The van der Waals surface area contributed by atoms with Gasteiger partial charge in [0.05, 0.1) is 0 Å². The zero-order valence-electron chi connectivity index (χ0n) is 17.4. The van der Waals surface area contributed by atoms with Crippen molar-refractivity contribution in [2.45, 2.75) is 18.8 Å². The van der Waals surface area contributed by atoms with Crippen LogP contribution in [0.15, 0.2) is 54.2 Å². The molecule has 1 aliphatic rings. The number of rotatable bonds is 7. The maximum Gasteiger partial charge on any atom is 0.238 e.